The first kappa shape index (κ1) is 21.5. The van der Waals surface area contributed by atoms with Gasteiger partial charge in [-0.3, -0.25) is 4.79 Å². The molecule has 4 nitrogen and oxygen atoms in total. The van der Waals surface area contributed by atoms with E-state index in [9.17, 15) is 4.79 Å². The lowest BCUT2D eigenvalue weighted by Crippen LogP contribution is -2.08. The molecule has 0 radical (unpaired) electrons. The maximum Gasteiger partial charge on any atom is 0.257 e. The van der Waals surface area contributed by atoms with Gasteiger partial charge in [0.1, 0.15) is 0 Å². The Morgan fingerprint density at radius 1 is 0.750 bits per heavy atom. The summed E-state index contributed by atoms with van der Waals surface area (Å²) in [5, 5.41) is 0.572. The Balaban J connectivity index is 0.00000245. The summed E-state index contributed by atoms with van der Waals surface area (Å²) in [6.45, 7) is 0.491. The van der Waals surface area contributed by atoms with E-state index < -0.39 is 0 Å². The second-order valence-electron chi connectivity index (χ2n) is 7.45. The third-order valence-corrected chi connectivity index (χ3v) is 5.50. The SMILES string of the molecule is Cl.NCc1ccc(-c2nc3c(-c4ccccc4)c[nH]c(=O)c3cc2-c2ccccc2)cc1. The summed E-state index contributed by atoms with van der Waals surface area (Å²) < 4.78 is 0. The number of rotatable bonds is 4. The Labute approximate surface area is 192 Å². The molecule has 2 heterocycles. The molecule has 5 rings (SSSR count). The van der Waals surface area contributed by atoms with E-state index in [4.69, 9.17) is 10.7 Å². The van der Waals surface area contributed by atoms with Crippen LogP contribution in [0.15, 0.2) is 102 Å². The van der Waals surface area contributed by atoms with E-state index in [1.807, 2.05) is 91.0 Å². The van der Waals surface area contributed by atoms with Crippen molar-refractivity contribution in [2.24, 2.45) is 5.73 Å². The topological polar surface area (TPSA) is 71.8 Å². The smallest absolute Gasteiger partial charge is 0.257 e. The number of nitrogens with two attached hydrogens (primary N) is 1. The largest absolute Gasteiger partial charge is 0.328 e. The van der Waals surface area contributed by atoms with Gasteiger partial charge < -0.3 is 10.7 Å². The number of nitrogens with one attached hydrogen (secondary N) is 1. The summed E-state index contributed by atoms with van der Waals surface area (Å²) >= 11 is 0. The number of aromatic amines is 1. The van der Waals surface area contributed by atoms with Crippen LogP contribution in [0.4, 0.5) is 0 Å². The minimum atomic E-state index is -0.149. The van der Waals surface area contributed by atoms with Gasteiger partial charge in [0, 0.05) is 29.4 Å². The van der Waals surface area contributed by atoms with Gasteiger partial charge in [-0.15, -0.1) is 12.4 Å². The summed E-state index contributed by atoms with van der Waals surface area (Å²) in [5.74, 6) is 0. The summed E-state index contributed by atoms with van der Waals surface area (Å²) in [7, 11) is 0. The molecule has 0 aliphatic carbocycles. The van der Waals surface area contributed by atoms with Gasteiger partial charge in [-0.1, -0.05) is 84.9 Å². The second-order valence-corrected chi connectivity index (χ2v) is 7.45. The third-order valence-electron chi connectivity index (χ3n) is 5.50. The molecule has 0 spiro atoms. The van der Waals surface area contributed by atoms with Crippen molar-refractivity contribution in [1.29, 1.82) is 0 Å². The number of aromatic nitrogens is 2. The highest BCUT2D eigenvalue weighted by Gasteiger charge is 2.16. The van der Waals surface area contributed by atoms with Crippen molar-refractivity contribution in [2.75, 3.05) is 0 Å². The summed E-state index contributed by atoms with van der Waals surface area (Å²) in [6, 6.07) is 30.1. The zero-order valence-electron chi connectivity index (χ0n) is 17.3. The van der Waals surface area contributed by atoms with E-state index in [-0.39, 0.29) is 18.0 Å². The highest BCUT2D eigenvalue weighted by molar-refractivity contribution is 5.98. The fraction of sp³-hybridized carbons (Fsp3) is 0.0370. The predicted molar refractivity (Wildman–Crippen MR) is 134 cm³/mol. The highest BCUT2D eigenvalue weighted by Crippen LogP contribution is 2.35. The van der Waals surface area contributed by atoms with Crippen LogP contribution >= 0.6 is 12.4 Å². The lowest BCUT2D eigenvalue weighted by molar-refractivity contribution is 1.07. The predicted octanol–water partition coefficient (Wildman–Crippen LogP) is 5.80. The van der Waals surface area contributed by atoms with E-state index >= 15 is 0 Å². The Morgan fingerprint density at radius 2 is 1.34 bits per heavy atom. The van der Waals surface area contributed by atoms with Crippen LogP contribution in [0, 0.1) is 0 Å². The van der Waals surface area contributed by atoms with Gasteiger partial charge in [-0.05, 0) is 22.8 Å². The van der Waals surface area contributed by atoms with Gasteiger partial charge in [0.25, 0.3) is 5.56 Å². The van der Waals surface area contributed by atoms with Crippen LogP contribution < -0.4 is 11.3 Å². The number of halogens is 1. The molecule has 2 aromatic heterocycles. The lowest BCUT2D eigenvalue weighted by atomic mass is 9.95. The normalized spacial score (nSPS) is 10.7. The van der Waals surface area contributed by atoms with E-state index in [2.05, 4.69) is 4.98 Å². The van der Waals surface area contributed by atoms with E-state index in [1.165, 1.54) is 0 Å². The molecule has 5 aromatic rings. The number of benzene rings is 3. The number of hydrogen-bond acceptors (Lipinski definition) is 3. The summed E-state index contributed by atoms with van der Waals surface area (Å²) in [6.07, 6.45) is 1.75. The Bertz CT molecular complexity index is 1410. The quantitative estimate of drug-likeness (QED) is 0.371. The van der Waals surface area contributed by atoms with E-state index in [0.29, 0.717) is 17.4 Å². The van der Waals surface area contributed by atoms with Crippen LogP contribution in [0.25, 0.3) is 44.4 Å². The second kappa shape index (κ2) is 9.18. The van der Waals surface area contributed by atoms with E-state index in [0.717, 1.165) is 39.1 Å². The maximum absolute atomic E-state index is 12.8. The molecule has 158 valence electrons. The molecule has 0 amide bonds. The van der Waals surface area contributed by atoms with Crippen LogP contribution in [-0.2, 0) is 6.54 Å². The minimum absolute atomic E-state index is 0. The molecule has 0 aliphatic heterocycles. The van der Waals surface area contributed by atoms with Crippen molar-refractivity contribution in [3.8, 4) is 33.5 Å². The molecule has 0 aliphatic rings. The molecular weight excluding hydrogens is 418 g/mol. The van der Waals surface area contributed by atoms with Crippen molar-refractivity contribution < 1.29 is 0 Å². The van der Waals surface area contributed by atoms with Gasteiger partial charge >= 0.3 is 0 Å². The van der Waals surface area contributed by atoms with Crippen LogP contribution in [-0.4, -0.2) is 9.97 Å². The molecule has 0 bridgehead atoms. The van der Waals surface area contributed by atoms with Crippen molar-refractivity contribution >= 4 is 23.3 Å². The molecule has 3 N–H and O–H groups in total. The molecule has 32 heavy (non-hydrogen) atoms. The lowest BCUT2D eigenvalue weighted by Gasteiger charge is -2.14. The van der Waals surface area contributed by atoms with Crippen molar-refractivity contribution in [3.05, 3.63) is 113 Å². The number of H-pyrrole nitrogens is 1. The number of nitrogens with zero attached hydrogens (tertiary/aromatic N) is 1. The van der Waals surface area contributed by atoms with Gasteiger partial charge in [0.05, 0.1) is 16.6 Å². The number of hydrogen-bond donors (Lipinski definition) is 2. The first-order valence-corrected chi connectivity index (χ1v) is 10.2. The zero-order chi connectivity index (χ0) is 21.2. The van der Waals surface area contributed by atoms with Gasteiger partial charge in [0.2, 0.25) is 0 Å². The fourth-order valence-corrected chi connectivity index (χ4v) is 3.87. The Morgan fingerprint density at radius 3 is 1.94 bits per heavy atom. The molecule has 5 heteroatoms. The standard InChI is InChI=1S/C27H21N3O.ClH/c28-16-18-11-13-21(14-12-18)25-22(19-7-3-1-4-8-19)15-23-26(30-25)24(17-29-27(23)31)20-9-5-2-6-10-20;/h1-15,17H,16,28H2,(H,29,31);1H. The highest BCUT2D eigenvalue weighted by atomic mass is 35.5. The average molecular weight is 440 g/mol. The van der Waals surface area contributed by atoms with Gasteiger partial charge in [-0.2, -0.15) is 0 Å². The van der Waals surface area contributed by atoms with Crippen LogP contribution in [0.2, 0.25) is 0 Å². The van der Waals surface area contributed by atoms with Crippen molar-refractivity contribution in [1.82, 2.24) is 9.97 Å². The first-order valence-electron chi connectivity index (χ1n) is 10.2. The average Bonchev–Trinajstić information content (AvgIpc) is 2.85. The molecule has 0 saturated heterocycles. The molecule has 0 fully saturated rings. The molecule has 0 unspecified atom stereocenters. The third kappa shape index (κ3) is 3.94. The summed E-state index contributed by atoms with van der Waals surface area (Å²) in [5.41, 5.74) is 13.0. The molecular formula is C27H22ClN3O. The monoisotopic (exact) mass is 439 g/mol. The zero-order valence-corrected chi connectivity index (χ0v) is 18.1. The van der Waals surface area contributed by atoms with E-state index in [1.54, 1.807) is 6.20 Å². The van der Waals surface area contributed by atoms with Crippen LogP contribution in [0.1, 0.15) is 5.56 Å². The molecule has 3 aromatic carbocycles. The summed E-state index contributed by atoms with van der Waals surface area (Å²) in [4.78, 5) is 20.7. The van der Waals surface area contributed by atoms with Crippen molar-refractivity contribution in [2.45, 2.75) is 6.54 Å². The Hall–Kier alpha value is -3.73. The molecule has 0 saturated carbocycles. The van der Waals surface area contributed by atoms with Crippen LogP contribution in [0.3, 0.4) is 0 Å². The molecule has 0 atom stereocenters. The van der Waals surface area contributed by atoms with Gasteiger partial charge in [0.15, 0.2) is 0 Å². The minimum Gasteiger partial charge on any atom is -0.328 e. The first-order chi connectivity index (χ1) is 15.2. The van der Waals surface area contributed by atoms with Crippen molar-refractivity contribution in [3.63, 3.8) is 0 Å². The fourth-order valence-electron chi connectivity index (χ4n) is 3.87. The maximum atomic E-state index is 12.8. The van der Waals surface area contributed by atoms with Crippen LogP contribution in [0.5, 0.6) is 0 Å². The van der Waals surface area contributed by atoms with Gasteiger partial charge in [-0.25, -0.2) is 4.98 Å². The number of pyridine rings is 2. The Kier molecular flexibility index (Phi) is 6.17. The number of fused-ring (bicyclic) bond motifs is 1.